The Labute approximate surface area is 180 Å². The van der Waals surface area contributed by atoms with Crippen LogP contribution in [-0.2, 0) is 43.3 Å². The fourth-order valence-corrected chi connectivity index (χ4v) is 2.23. The van der Waals surface area contributed by atoms with Crippen molar-refractivity contribution in [2.75, 3.05) is 6.61 Å². The fourth-order valence-electron chi connectivity index (χ4n) is 2.12. The van der Waals surface area contributed by atoms with Crippen LogP contribution in [0, 0.1) is 0 Å². The molecule has 0 bridgehead atoms. The van der Waals surface area contributed by atoms with Crippen LogP contribution in [0.5, 0.6) is 0 Å². The third kappa shape index (κ3) is 18.4. The number of unbranched alkanes of at least 4 members (excludes halogenated alkanes) is 3. The van der Waals surface area contributed by atoms with Crippen molar-refractivity contribution in [1.29, 1.82) is 0 Å². The van der Waals surface area contributed by atoms with Gasteiger partial charge in [-0.05, 0) is 6.42 Å². The van der Waals surface area contributed by atoms with Crippen LogP contribution in [-0.4, -0.2) is 6.61 Å². The Morgan fingerprint density at radius 2 is 1.04 bits per heavy atom. The van der Waals surface area contributed by atoms with Crippen LogP contribution < -0.4 is 0 Å². The van der Waals surface area contributed by atoms with E-state index >= 15 is 0 Å². The molecule has 0 N–H and O–H groups in total. The Balaban J connectivity index is 0. The molecule has 0 aliphatic carbocycles. The summed E-state index contributed by atoms with van der Waals surface area (Å²) in [6, 6.07) is 17.2. The van der Waals surface area contributed by atoms with Crippen LogP contribution >= 0.6 is 11.9 Å². The van der Waals surface area contributed by atoms with Gasteiger partial charge >= 0.3 is 26.2 Å². The van der Waals surface area contributed by atoms with Gasteiger partial charge in [-0.3, -0.25) is 4.29 Å². The minimum absolute atomic E-state index is 0. The second kappa shape index (κ2) is 21.9. The van der Waals surface area contributed by atoms with E-state index in [1.807, 2.05) is 0 Å². The van der Waals surface area contributed by atoms with E-state index in [2.05, 4.69) is 73.6 Å². The van der Waals surface area contributed by atoms with Crippen molar-refractivity contribution in [3.63, 3.8) is 0 Å². The Morgan fingerprint density at radius 1 is 0.680 bits per heavy atom. The van der Waals surface area contributed by atoms with Gasteiger partial charge < -0.3 is 0 Å². The van der Waals surface area contributed by atoms with Crippen molar-refractivity contribution in [2.24, 2.45) is 0 Å². The molecule has 1 nitrogen and oxygen atoms in total. The molecule has 140 valence electrons. The molecule has 0 aromatic heterocycles. The Kier molecular flexibility index (Phi) is 23.7. The molecule has 0 spiro atoms. The van der Waals surface area contributed by atoms with E-state index in [0.29, 0.717) is 6.61 Å². The molecule has 0 heterocycles. The van der Waals surface area contributed by atoms with Gasteiger partial charge in [-0.1, -0.05) is 65.7 Å². The van der Waals surface area contributed by atoms with Gasteiger partial charge in [0, 0.05) is 0 Å². The van der Waals surface area contributed by atoms with E-state index in [0.717, 1.165) is 12.8 Å². The van der Waals surface area contributed by atoms with Crippen molar-refractivity contribution in [3.05, 3.63) is 59.7 Å². The van der Waals surface area contributed by atoms with Crippen LogP contribution in [0.2, 0.25) is 0 Å². The summed E-state index contributed by atoms with van der Waals surface area (Å²) in [5.41, 5.74) is 2.97. The van der Waals surface area contributed by atoms with Gasteiger partial charge in [0.15, 0.2) is 0 Å². The first-order chi connectivity index (χ1) is 11.8. The van der Waals surface area contributed by atoms with Crippen LogP contribution in [0.25, 0.3) is 0 Å². The van der Waals surface area contributed by atoms with Gasteiger partial charge in [0.2, 0.25) is 0 Å². The molecule has 0 atom stereocenters. The summed E-state index contributed by atoms with van der Waals surface area (Å²) < 4.78 is 4.25. The summed E-state index contributed by atoms with van der Waals surface area (Å²) in [4.78, 5) is 0. The van der Waals surface area contributed by atoms with Crippen molar-refractivity contribution in [1.82, 2.24) is 0 Å². The number of aryl methyl sites for hydroxylation is 2. The summed E-state index contributed by atoms with van der Waals surface area (Å²) in [6.07, 6.45) is 9.95. The van der Waals surface area contributed by atoms with Crippen LogP contribution in [0.1, 0.15) is 70.4 Å². The predicted octanol–water partition coefficient (Wildman–Crippen LogP) is 7.45. The first-order valence-corrected chi connectivity index (χ1v) is 9.73. The zero-order chi connectivity index (χ0) is 17.9. The average Bonchev–Trinajstić information content (AvgIpc) is 3.31. The number of rotatable bonds is 9. The molecule has 0 radical (unpaired) electrons. The third-order valence-electron chi connectivity index (χ3n) is 3.68. The molecular weight excluding hydrogens is 407 g/mol. The molecule has 0 fully saturated rings. The molecule has 0 amide bonds. The smallest absolute Gasteiger partial charge is 0.279 e. The topological polar surface area (TPSA) is 9.23 Å². The van der Waals surface area contributed by atoms with Crippen molar-refractivity contribution >= 4 is 11.9 Å². The minimum Gasteiger partial charge on any atom is -0.279 e. The molecule has 2 rings (SSSR count). The SMILES string of the molecule is CCCCOCl.CCCC[c-]1cccc1.CCCC[c-]1cccc1.[Zr+2]. The maximum Gasteiger partial charge on any atom is 2.00 e. The molecule has 0 aliphatic rings. The van der Waals surface area contributed by atoms with Crippen molar-refractivity contribution in [3.8, 4) is 0 Å². The van der Waals surface area contributed by atoms with Gasteiger partial charge in [-0.15, -0.1) is 0 Å². The fraction of sp³-hybridized carbons (Fsp3) is 0.545. The van der Waals surface area contributed by atoms with E-state index < -0.39 is 0 Å². The van der Waals surface area contributed by atoms with E-state index in [9.17, 15) is 0 Å². The van der Waals surface area contributed by atoms with Gasteiger partial charge in [0.25, 0.3) is 0 Å². The molecule has 3 heteroatoms. The molecule has 2 aromatic rings. The van der Waals surface area contributed by atoms with Gasteiger partial charge in [0.05, 0.1) is 18.5 Å². The number of hydrogen-bond acceptors (Lipinski definition) is 1. The largest absolute Gasteiger partial charge is 2.00 e. The number of hydrogen-bond donors (Lipinski definition) is 0. The molecule has 25 heavy (non-hydrogen) atoms. The monoisotopic (exact) mass is 440 g/mol. The maximum atomic E-state index is 4.88. The van der Waals surface area contributed by atoms with Crippen molar-refractivity contribution in [2.45, 2.75) is 72.1 Å². The van der Waals surface area contributed by atoms with Crippen LogP contribution in [0.15, 0.2) is 48.5 Å². The quantitative estimate of drug-likeness (QED) is 0.290. The molecule has 0 unspecified atom stereocenters. The molecule has 2 aromatic carbocycles. The maximum absolute atomic E-state index is 4.88. The third-order valence-corrected chi connectivity index (χ3v) is 3.83. The molecule has 0 saturated carbocycles. The Hall–Kier alpha value is -0.167. The minimum atomic E-state index is 0. The zero-order valence-electron chi connectivity index (χ0n) is 16.3. The molecule has 0 saturated heterocycles. The van der Waals surface area contributed by atoms with E-state index in [1.165, 1.54) is 49.7 Å². The Bertz CT molecular complexity index is 381. The van der Waals surface area contributed by atoms with E-state index in [-0.39, 0.29) is 26.2 Å². The summed E-state index contributed by atoms with van der Waals surface area (Å²) in [7, 11) is 0. The molecular formula is C22H35ClOZr. The summed E-state index contributed by atoms with van der Waals surface area (Å²) >= 11 is 4.88. The number of halogens is 1. The van der Waals surface area contributed by atoms with Crippen LogP contribution in [0.4, 0.5) is 0 Å². The standard InChI is InChI=1S/2C9H13.C4H9ClO.Zr/c2*1-2-3-6-9-7-4-5-8-9;1-2-3-4-6-5;/h2*4-5,7-8H,2-3,6H2,1H3;2-4H2,1H3;/q2*-1;;+2. The van der Waals surface area contributed by atoms with Crippen LogP contribution in [0.3, 0.4) is 0 Å². The molecule has 0 aliphatic heterocycles. The average molecular weight is 442 g/mol. The first-order valence-electron chi connectivity index (χ1n) is 9.43. The summed E-state index contributed by atoms with van der Waals surface area (Å²) in [5.74, 6) is 0. The summed E-state index contributed by atoms with van der Waals surface area (Å²) in [6.45, 7) is 7.22. The second-order valence-electron chi connectivity index (χ2n) is 5.96. The second-order valence-corrected chi connectivity index (χ2v) is 6.18. The van der Waals surface area contributed by atoms with Crippen molar-refractivity contribution < 1.29 is 30.5 Å². The van der Waals surface area contributed by atoms with E-state index in [1.54, 1.807) is 0 Å². The normalized spacial score (nSPS) is 9.28. The first kappa shape index (κ1) is 27.1. The summed E-state index contributed by atoms with van der Waals surface area (Å²) in [5, 5.41) is 0. The van der Waals surface area contributed by atoms with Gasteiger partial charge in [0.1, 0.15) is 0 Å². The van der Waals surface area contributed by atoms with E-state index in [4.69, 9.17) is 11.9 Å². The predicted molar refractivity (Wildman–Crippen MR) is 108 cm³/mol. The van der Waals surface area contributed by atoms with Gasteiger partial charge in [-0.2, -0.15) is 35.4 Å². The van der Waals surface area contributed by atoms with Gasteiger partial charge in [-0.25, -0.2) is 24.3 Å². The zero-order valence-corrected chi connectivity index (χ0v) is 19.5. The Morgan fingerprint density at radius 3 is 1.28 bits per heavy atom.